The van der Waals surface area contributed by atoms with E-state index in [-0.39, 0.29) is 11.8 Å². The minimum atomic E-state index is -0.522. The molecule has 0 aliphatic rings. The topological polar surface area (TPSA) is 49.4 Å². The van der Waals surface area contributed by atoms with Gasteiger partial charge in [0.15, 0.2) is 0 Å². The van der Waals surface area contributed by atoms with Crippen molar-refractivity contribution in [3.05, 3.63) is 58.3 Å². The first kappa shape index (κ1) is 15.3. The molecule has 0 saturated heterocycles. The van der Waals surface area contributed by atoms with Crippen LogP contribution in [0.5, 0.6) is 0 Å². The summed E-state index contributed by atoms with van der Waals surface area (Å²) in [7, 11) is 0. The van der Waals surface area contributed by atoms with Crippen LogP contribution in [0.2, 0.25) is 0 Å². The van der Waals surface area contributed by atoms with Crippen LogP contribution in [0.25, 0.3) is 0 Å². The molecule has 2 rings (SSSR count). The highest BCUT2D eigenvalue weighted by Crippen LogP contribution is 2.18. The van der Waals surface area contributed by atoms with E-state index in [0.717, 1.165) is 0 Å². The van der Waals surface area contributed by atoms with E-state index in [1.165, 1.54) is 16.3 Å². The lowest BCUT2D eigenvalue weighted by atomic mass is 10.1. The summed E-state index contributed by atoms with van der Waals surface area (Å²) in [5, 5.41) is 3.22. The summed E-state index contributed by atoms with van der Waals surface area (Å²) in [6.45, 7) is 5.64. The Labute approximate surface area is 128 Å². The molecule has 0 bridgehead atoms. The van der Waals surface area contributed by atoms with E-state index in [0.29, 0.717) is 10.4 Å². The molecule has 0 radical (unpaired) electrons. The maximum absolute atomic E-state index is 12.5. The monoisotopic (exact) mass is 302 g/mol. The Morgan fingerprint density at radius 1 is 1.05 bits per heavy atom. The molecule has 4 nitrogen and oxygen atoms in total. The van der Waals surface area contributed by atoms with Gasteiger partial charge in [-0.1, -0.05) is 24.3 Å². The van der Waals surface area contributed by atoms with Crippen LogP contribution >= 0.6 is 11.3 Å². The molecule has 0 unspecified atom stereocenters. The summed E-state index contributed by atoms with van der Waals surface area (Å²) >= 11 is 1.36. The van der Waals surface area contributed by atoms with E-state index in [2.05, 4.69) is 5.43 Å². The molecule has 0 spiro atoms. The first-order valence-corrected chi connectivity index (χ1v) is 7.51. The average molecular weight is 302 g/mol. The van der Waals surface area contributed by atoms with Crippen LogP contribution in [0.3, 0.4) is 0 Å². The second kappa shape index (κ2) is 6.10. The summed E-state index contributed by atoms with van der Waals surface area (Å²) in [6.07, 6.45) is 0. The zero-order chi connectivity index (χ0) is 15.5. The minimum absolute atomic E-state index is 0.207. The van der Waals surface area contributed by atoms with Gasteiger partial charge in [-0.05, 0) is 44.4 Å². The van der Waals surface area contributed by atoms with Gasteiger partial charge < -0.3 is 0 Å². The molecule has 1 aromatic carbocycles. The van der Waals surface area contributed by atoms with Crippen molar-refractivity contribution >= 4 is 23.2 Å². The lowest BCUT2D eigenvalue weighted by Crippen LogP contribution is -2.55. The van der Waals surface area contributed by atoms with Crippen LogP contribution in [0.1, 0.15) is 40.8 Å². The van der Waals surface area contributed by atoms with Gasteiger partial charge in [0.05, 0.1) is 10.4 Å². The Balaban J connectivity index is 2.22. The smallest absolute Gasteiger partial charge is 0.267 e. The van der Waals surface area contributed by atoms with Crippen LogP contribution in [0.15, 0.2) is 47.8 Å². The number of carbonyl (C=O) groups excluding carboxylic acids is 2. The molecular weight excluding hydrogens is 284 g/mol. The molecule has 110 valence electrons. The molecule has 5 heteroatoms. The van der Waals surface area contributed by atoms with Gasteiger partial charge in [0.2, 0.25) is 0 Å². The Morgan fingerprint density at radius 3 is 2.24 bits per heavy atom. The van der Waals surface area contributed by atoms with E-state index in [1.54, 1.807) is 30.3 Å². The van der Waals surface area contributed by atoms with Crippen molar-refractivity contribution < 1.29 is 9.59 Å². The maximum Gasteiger partial charge on any atom is 0.282 e. The standard InChI is InChI=1S/C16H18N2O2S/c1-16(2,3)18(15(20)13-10-7-11-21-13)17-14(19)12-8-5-4-6-9-12/h4-11H,1-3H3,(H,17,19). The third-order valence-electron chi connectivity index (χ3n) is 2.86. The fraction of sp³-hybridized carbons (Fsp3) is 0.250. The van der Waals surface area contributed by atoms with E-state index in [9.17, 15) is 9.59 Å². The highest BCUT2D eigenvalue weighted by Gasteiger charge is 2.30. The molecule has 2 amide bonds. The van der Waals surface area contributed by atoms with Crippen LogP contribution in [-0.4, -0.2) is 22.4 Å². The summed E-state index contributed by atoms with van der Waals surface area (Å²) in [6, 6.07) is 12.4. The number of hydrogen-bond donors (Lipinski definition) is 1. The number of hydrazine groups is 1. The summed E-state index contributed by atoms with van der Waals surface area (Å²) < 4.78 is 0. The van der Waals surface area contributed by atoms with Crippen molar-refractivity contribution in [3.63, 3.8) is 0 Å². The number of nitrogens with one attached hydrogen (secondary N) is 1. The molecule has 0 saturated carbocycles. The Hall–Kier alpha value is -2.14. The highest BCUT2D eigenvalue weighted by atomic mass is 32.1. The summed E-state index contributed by atoms with van der Waals surface area (Å²) in [5.74, 6) is -0.503. The van der Waals surface area contributed by atoms with Gasteiger partial charge in [0, 0.05) is 5.56 Å². The number of amides is 2. The lowest BCUT2D eigenvalue weighted by Gasteiger charge is -2.35. The van der Waals surface area contributed by atoms with E-state index in [4.69, 9.17) is 0 Å². The van der Waals surface area contributed by atoms with Crippen molar-refractivity contribution in [1.82, 2.24) is 10.4 Å². The van der Waals surface area contributed by atoms with E-state index >= 15 is 0 Å². The average Bonchev–Trinajstić information content (AvgIpc) is 2.97. The number of hydrogen-bond acceptors (Lipinski definition) is 3. The third kappa shape index (κ3) is 3.70. The zero-order valence-corrected chi connectivity index (χ0v) is 13.1. The molecule has 1 aromatic heterocycles. The third-order valence-corrected chi connectivity index (χ3v) is 3.71. The van der Waals surface area contributed by atoms with Crippen molar-refractivity contribution in [2.45, 2.75) is 26.3 Å². The number of nitrogens with zero attached hydrogens (tertiary/aromatic N) is 1. The highest BCUT2D eigenvalue weighted by molar-refractivity contribution is 7.12. The number of rotatable bonds is 2. The number of thiophene rings is 1. The number of carbonyl (C=O) groups is 2. The van der Waals surface area contributed by atoms with E-state index < -0.39 is 5.54 Å². The maximum atomic E-state index is 12.5. The van der Waals surface area contributed by atoms with Gasteiger partial charge >= 0.3 is 0 Å². The molecule has 0 aliphatic heterocycles. The van der Waals surface area contributed by atoms with Gasteiger partial charge in [0.1, 0.15) is 0 Å². The van der Waals surface area contributed by atoms with Gasteiger partial charge in [-0.25, -0.2) is 5.01 Å². The van der Waals surface area contributed by atoms with Crippen LogP contribution in [0, 0.1) is 0 Å². The first-order chi connectivity index (χ1) is 9.89. The largest absolute Gasteiger partial charge is 0.282 e. The fourth-order valence-electron chi connectivity index (χ4n) is 1.79. The molecule has 2 aromatic rings. The van der Waals surface area contributed by atoms with Crippen LogP contribution in [0.4, 0.5) is 0 Å². The number of benzene rings is 1. The molecule has 1 N–H and O–H groups in total. The Kier molecular flexibility index (Phi) is 4.43. The molecule has 0 aliphatic carbocycles. The van der Waals surface area contributed by atoms with Gasteiger partial charge in [-0.15, -0.1) is 11.3 Å². The van der Waals surface area contributed by atoms with Crippen molar-refractivity contribution in [1.29, 1.82) is 0 Å². The van der Waals surface area contributed by atoms with E-state index in [1.807, 2.05) is 38.3 Å². The SMILES string of the molecule is CC(C)(C)N(NC(=O)c1ccccc1)C(=O)c1cccs1. The second-order valence-corrected chi connectivity index (χ2v) is 6.54. The van der Waals surface area contributed by atoms with Crippen molar-refractivity contribution in [2.24, 2.45) is 0 Å². The van der Waals surface area contributed by atoms with Gasteiger partial charge in [-0.2, -0.15) is 0 Å². The second-order valence-electron chi connectivity index (χ2n) is 5.60. The van der Waals surface area contributed by atoms with Crippen molar-refractivity contribution in [3.8, 4) is 0 Å². The van der Waals surface area contributed by atoms with Crippen molar-refractivity contribution in [2.75, 3.05) is 0 Å². The first-order valence-electron chi connectivity index (χ1n) is 6.63. The summed E-state index contributed by atoms with van der Waals surface area (Å²) in [5.41, 5.74) is 2.71. The Bertz CT molecular complexity index is 615. The molecule has 0 fully saturated rings. The van der Waals surface area contributed by atoms with Crippen LogP contribution in [-0.2, 0) is 0 Å². The Morgan fingerprint density at radius 2 is 1.71 bits per heavy atom. The molecule has 21 heavy (non-hydrogen) atoms. The quantitative estimate of drug-likeness (QED) is 0.865. The normalized spacial score (nSPS) is 11.0. The predicted octanol–water partition coefficient (Wildman–Crippen LogP) is 3.33. The molecular formula is C16H18N2O2S. The molecule has 1 heterocycles. The minimum Gasteiger partial charge on any atom is -0.267 e. The van der Waals surface area contributed by atoms with Crippen LogP contribution < -0.4 is 5.43 Å². The fourth-order valence-corrected chi connectivity index (χ4v) is 2.44. The summed E-state index contributed by atoms with van der Waals surface area (Å²) in [4.78, 5) is 25.4. The molecule has 0 atom stereocenters. The van der Waals surface area contributed by atoms with Gasteiger partial charge in [0.25, 0.3) is 11.8 Å². The van der Waals surface area contributed by atoms with Gasteiger partial charge in [-0.3, -0.25) is 15.0 Å². The zero-order valence-electron chi connectivity index (χ0n) is 12.3. The predicted molar refractivity (Wildman–Crippen MR) is 84.1 cm³/mol. The lowest BCUT2D eigenvalue weighted by molar-refractivity contribution is 0.0363.